The van der Waals surface area contributed by atoms with Gasteiger partial charge in [0.1, 0.15) is 6.29 Å². The zero-order valence-corrected chi connectivity index (χ0v) is 13.7. The van der Waals surface area contributed by atoms with Crippen molar-refractivity contribution >= 4 is 16.1 Å². The van der Waals surface area contributed by atoms with Crippen molar-refractivity contribution < 1.29 is 13.2 Å². The maximum absolute atomic E-state index is 13.1. The normalized spacial score (nSPS) is 19.9. The summed E-state index contributed by atoms with van der Waals surface area (Å²) in [4.78, 5) is 11.5. The van der Waals surface area contributed by atoms with Gasteiger partial charge in [-0.2, -0.15) is 0 Å². The lowest BCUT2D eigenvalue weighted by Crippen LogP contribution is -2.44. The van der Waals surface area contributed by atoms with Crippen LogP contribution in [-0.2, 0) is 14.6 Å². The highest BCUT2D eigenvalue weighted by atomic mass is 32.2. The third-order valence-electron chi connectivity index (χ3n) is 4.90. The van der Waals surface area contributed by atoms with Crippen LogP contribution in [0.15, 0.2) is 29.2 Å². The third-order valence-corrected chi connectivity index (χ3v) is 7.52. The Morgan fingerprint density at radius 1 is 1.14 bits per heavy atom. The van der Waals surface area contributed by atoms with E-state index in [9.17, 15) is 13.2 Å². The minimum absolute atomic E-state index is 0.0720. The molecule has 21 heavy (non-hydrogen) atoms. The molecule has 0 saturated heterocycles. The summed E-state index contributed by atoms with van der Waals surface area (Å²) in [5.41, 5.74) is 1.03. The van der Waals surface area contributed by atoms with Gasteiger partial charge in [-0.25, -0.2) is 8.42 Å². The summed E-state index contributed by atoms with van der Waals surface area (Å²) in [5, 5.41) is 0. The molecule has 1 unspecified atom stereocenters. The summed E-state index contributed by atoms with van der Waals surface area (Å²) in [6, 6.07) is 6.96. The van der Waals surface area contributed by atoms with Crippen LogP contribution in [0.5, 0.6) is 0 Å². The molecule has 1 saturated carbocycles. The van der Waals surface area contributed by atoms with Gasteiger partial charge in [0.05, 0.1) is 9.64 Å². The predicted octanol–water partition coefficient (Wildman–Crippen LogP) is 3.70. The standard InChI is InChI=1S/C17H24O3S/c1-14-8-10-16(11-9-14)21(19,20)17(2,12-13-18)15-6-4-3-5-7-15/h8-11,13,15H,3-7,12H2,1-2H3. The van der Waals surface area contributed by atoms with Crippen molar-refractivity contribution in [3.8, 4) is 0 Å². The second kappa shape index (κ2) is 6.30. The fourth-order valence-corrected chi connectivity index (χ4v) is 5.36. The van der Waals surface area contributed by atoms with Crippen molar-refractivity contribution in [3.63, 3.8) is 0 Å². The van der Waals surface area contributed by atoms with E-state index >= 15 is 0 Å². The molecular weight excluding hydrogens is 284 g/mol. The highest BCUT2D eigenvalue weighted by Gasteiger charge is 2.46. The lowest BCUT2D eigenvalue weighted by atomic mass is 9.79. The quantitative estimate of drug-likeness (QED) is 0.779. The Bertz CT molecular complexity index is 583. The molecule has 1 atom stereocenters. The summed E-state index contributed by atoms with van der Waals surface area (Å²) in [6.07, 6.45) is 5.92. The van der Waals surface area contributed by atoms with Crippen LogP contribution in [0, 0.1) is 12.8 Å². The smallest absolute Gasteiger partial charge is 0.184 e. The Morgan fingerprint density at radius 2 is 1.71 bits per heavy atom. The van der Waals surface area contributed by atoms with Crippen LogP contribution in [0.4, 0.5) is 0 Å². The molecule has 0 bridgehead atoms. The molecule has 1 aliphatic carbocycles. The van der Waals surface area contributed by atoms with E-state index in [1.54, 1.807) is 19.1 Å². The number of aldehydes is 1. The van der Waals surface area contributed by atoms with Gasteiger partial charge in [-0.1, -0.05) is 37.0 Å². The first-order valence-electron chi connectivity index (χ1n) is 7.67. The minimum atomic E-state index is -3.51. The van der Waals surface area contributed by atoms with Gasteiger partial charge in [-0.3, -0.25) is 0 Å². The van der Waals surface area contributed by atoms with E-state index in [1.807, 2.05) is 19.1 Å². The molecule has 0 spiro atoms. The van der Waals surface area contributed by atoms with Gasteiger partial charge in [0, 0.05) is 6.42 Å². The van der Waals surface area contributed by atoms with E-state index in [-0.39, 0.29) is 12.3 Å². The summed E-state index contributed by atoms with van der Waals surface area (Å²) in [7, 11) is -3.51. The summed E-state index contributed by atoms with van der Waals surface area (Å²) >= 11 is 0. The molecule has 3 nitrogen and oxygen atoms in total. The van der Waals surface area contributed by atoms with Gasteiger partial charge < -0.3 is 4.79 Å². The minimum Gasteiger partial charge on any atom is -0.303 e. The summed E-state index contributed by atoms with van der Waals surface area (Å²) < 4.78 is 25.2. The topological polar surface area (TPSA) is 51.2 Å². The Balaban J connectivity index is 2.44. The maximum Gasteiger partial charge on any atom is 0.184 e. The molecular formula is C17H24O3S. The van der Waals surface area contributed by atoms with Crippen LogP contribution in [0.25, 0.3) is 0 Å². The zero-order chi connectivity index (χ0) is 15.5. The lowest BCUT2D eigenvalue weighted by molar-refractivity contribution is -0.108. The van der Waals surface area contributed by atoms with Crippen molar-refractivity contribution in [2.24, 2.45) is 5.92 Å². The Labute approximate surface area is 127 Å². The third kappa shape index (κ3) is 3.05. The molecule has 0 aromatic heterocycles. The Hall–Kier alpha value is -1.16. The molecule has 116 valence electrons. The van der Waals surface area contributed by atoms with Gasteiger partial charge in [0.15, 0.2) is 9.84 Å². The molecule has 1 aromatic carbocycles. The van der Waals surface area contributed by atoms with Gasteiger partial charge in [0.25, 0.3) is 0 Å². The number of hydrogen-bond donors (Lipinski definition) is 0. The number of benzene rings is 1. The molecule has 4 heteroatoms. The van der Waals surface area contributed by atoms with Crippen LogP contribution in [0.1, 0.15) is 51.0 Å². The number of carbonyl (C=O) groups excluding carboxylic acids is 1. The number of sulfone groups is 1. The van der Waals surface area contributed by atoms with Crippen molar-refractivity contribution in [1.82, 2.24) is 0 Å². The van der Waals surface area contributed by atoms with Crippen molar-refractivity contribution in [1.29, 1.82) is 0 Å². The van der Waals surface area contributed by atoms with E-state index < -0.39 is 14.6 Å². The van der Waals surface area contributed by atoms with Crippen molar-refractivity contribution in [3.05, 3.63) is 29.8 Å². The maximum atomic E-state index is 13.1. The highest BCUT2D eigenvalue weighted by molar-refractivity contribution is 7.92. The van der Waals surface area contributed by atoms with E-state index in [1.165, 1.54) is 0 Å². The zero-order valence-electron chi connectivity index (χ0n) is 12.8. The van der Waals surface area contributed by atoms with Crippen LogP contribution in [-0.4, -0.2) is 19.5 Å². The highest BCUT2D eigenvalue weighted by Crippen LogP contribution is 2.42. The molecule has 0 radical (unpaired) electrons. The van der Waals surface area contributed by atoms with Gasteiger partial charge in [-0.15, -0.1) is 0 Å². The van der Waals surface area contributed by atoms with Gasteiger partial charge in [0.2, 0.25) is 0 Å². The average molecular weight is 308 g/mol. The molecule has 0 amide bonds. The number of rotatable bonds is 5. The van der Waals surface area contributed by atoms with Crippen LogP contribution in [0.2, 0.25) is 0 Å². The number of carbonyl (C=O) groups is 1. The second-order valence-electron chi connectivity index (χ2n) is 6.33. The summed E-state index contributed by atoms with van der Waals surface area (Å²) in [6.45, 7) is 3.69. The summed E-state index contributed by atoms with van der Waals surface area (Å²) in [5.74, 6) is 0.0720. The molecule has 0 aliphatic heterocycles. The Kier molecular flexibility index (Phi) is 4.87. The first-order valence-corrected chi connectivity index (χ1v) is 9.15. The fraction of sp³-hybridized carbons (Fsp3) is 0.588. The molecule has 1 aromatic rings. The van der Waals surface area contributed by atoms with E-state index in [4.69, 9.17) is 0 Å². The second-order valence-corrected chi connectivity index (χ2v) is 8.75. The monoisotopic (exact) mass is 308 g/mol. The lowest BCUT2D eigenvalue weighted by Gasteiger charge is -2.38. The average Bonchev–Trinajstić information content (AvgIpc) is 2.48. The van der Waals surface area contributed by atoms with Crippen LogP contribution >= 0.6 is 0 Å². The molecule has 1 fully saturated rings. The molecule has 0 heterocycles. The number of aryl methyl sites for hydroxylation is 1. The van der Waals surface area contributed by atoms with Gasteiger partial charge in [-0.05, 0) is 44.7 Å². The van der Waals surface area contributed by atoms with E-state index in [0.717, 1.165) is 44.0 Å². The van der Waals surface area contributed by atoms with Crippen LogP contribution in [0.3, 0.4) is 0 Å². The predicted molar refractivity (Wildman–Crippen MR) is 84.0 cm³/mol. The van der Waals surface area contributed by atoms with Crippen LogP contribution < -0.4 is 0 Å². The first-order chi connectivity index (χ1) is 9.91. The first kappa shape index (κ1) is 16.2. The van der Waals surface area contributed by atoms with Crippen molar-refractivity contribution in [2.45, 2.75) is 62.0 Å². The molecule has 2 rings (SSSR count). The largest absolute Gasteiger partial charge is 0.303 e. The number of hydrogen-bond acceptors (Lipinski definition) is 3. The fourth-order valence-electron chi connectivity index (χ4n) is 3.36. The Morgan fingerprint density at radius 3 is 2.24 bits per heavy atom. The molecule has 0 N–H and O–H groups in total. The molecule has 1 aliphatic rings. The van der Waals surface area contributed by atoms with Crippen molar-refractivity contribution in [2.75, 3.05) is 0 Å². The van der Waals surface area contributed by atoms with Gasteiger partial charge >= 0.3 is 0 Å². The SMILES string of the molecule is Cc1ccc(S(=O)(=O)C(C)(CC=O)C2CCCCC2)cc1. The van der Waals surface area contributed by atoms with E-state index in [0.29, 0.717) is 4.90 Å². The van der Waals surface area contributed by atoms with E-state index in [2.05, 4.69) is 0 Å².